The van der Waals surface area contributed by atoms with E-state index in [1.54, 1.807) is 30.5 Å². The molecule has 25 heavy (non-hydrogen) atoms. The predicted octanol–water partition coefficient (Wildman–Crippen LogP) is 4.30. The van der Waals surface area contributed by atoms with Gasteiger partial charge in [0.15, 0.2) is 0 Å². The first-order chi connectivity index (χ1) is 12.0. The second kappa shape index (κ2) is 7.62. The van der Waals surface area contributed by atoms with Gasteiger partial charge >= 0.3 is 0 Å². The first kappa shape index (κ1) is 18.0. The van der Waals surface area contributed by atoms with E-state index in [0.717, 1.165) is 18.8 Å². The quantitative estimate of drug-likeness (QED) is 0.841. The number of hydrogen-bond acceptors (Lipinski definition) is 4. The summed E-state index contributed by atoms with van der Waals surface area (Å²) >= 11 is 5.99. The van der Waals surface area contributed by atoms with Gasteiger partial charge < -0.3 is 4.90 Å². The van der Waals surface area contributed by atoms with E-state index < -0.39 is 10.0 Å². The number of aromatic nitrogens is 1. The average molecular weight is 380 g/mol. The lowest BCUT2D eigenvalue weighted by Gasteiger charge is -2.36. The van der Waals surface area contributed by atoms with E-state index in [1.807, 2.05) is 6.07 Å². The van der Waals surface area contributed by atoms with Crippen molar-refractivity contribution in [1.29, 1.82) is 0 Å². The lowest BCUT2D eigenvalue weighted by Crippen LogP contribution is -2.39. The number of nitrogens with zero attached hydrogens (tertiary/aromatic N) is 2. The molecule has 1 aromatic carbocycles. The zero-order valence-corrected chi connectivity index (χ0v) is 15.7. The van der Waals surface area contributed by atoms with Crippen LogP contribution in [-0.4, -0.2) is 26.0 Å². The Hall–Kier alpha value is -1.79. The summed E-state index contributed by atoms with van der Waals surface area (Å²) in [6.45, 7) is 3.19. The molecule has 1 unspecified atom stereocenters. The highest BCUT2D eigenvalue weighted by molar-refractivity contribution is 7.92. The van der Waals surface area contributed by atoms with Crippen LogP contribution in [0, 0.1) is 0 Å². The molecule has 1 saturated heterocycles. The van der Waals surface area contributed by atoms with Gasteiger partial charge in [-0.25, -0.2) is 13.4 Å². The first-order valence-corrected chi connectivity index (χ1v) is 10.4. The topological polar surface area (TPSA) is 62.3 Å². The number of hydrogen-bond donors (Lipinski definition) is 1. The molecule has 1 aliphatic rings. The molecule has 0 aliphatic carbocycles. The van der Waals surface area contributed by atoms with Crippen molar-refractivity contribution in [3.8, 4) is 0 Å². The molecule has 1 aliphatic heterocycles. The highest BCUT2D eigenvalue weighted by Crippen LogP contribution is 2.27. The van der Waals surface area contributed by atoms with Gasteiger partial charge in [-0.1, -0.05) is 30.7 Å². The van der Waals surface area contributed by atoms with Crippen molar-refractivity contribution >= 4 is 33.1 Å². The second-order valence-corrected chi connectivity index (χ2v) is 8.25. The van der Waals surface area contributed by atoms with Crippen LogP contribution in [-0.2, 0) is 10.0 Å². The van der Waals surface area contributed by atoms with Gasteiger partial charge in [0.25, 0.3) is 10.0 Å². The van der Waals surface area contributed by atoms with Gasteiger partial charge in [-0.2, -0.15) is 0 Å². The Bertz CT molecular complexity index is 824. The maximum atomic E-state index is 12.5. The monoisotopic (exact) mass is 379 g/mol. The fourth-order valence-corrected chi connectivity index (χ4v) is 4.78. The molecule has 0 saturated carbocycles. The number of piperidine rings is 1. The summed E-state index contributed by atoms with van der Waals surface area (Å²) in [5, 5.41) is 0.193. The van der Waals surface area contributed by atoms with Gasteiger partial charge in [-0.3, -0.25) is 4.72 Å². The number of anilines is 2. The van der Waals surface area contributed by atoms with Crippen molar-refractivity contribution < 1.29 is 8.42 Å². The molecular formula is C18H22ClN3O2S. The molecule has 3 rings (SSSR count). The molecule has 0 spiro atoms. The Morgan fingerprint density at radius 1 is 1.24 bits per heavy atom. The molecule has 2 aromatic rings. The van der Waals surface area contributed by atoms with Gasteiger partial charge in [0.05, 0.1) is 16.9 Å². The van der Waals surface area contributed by atoms with Crippen LogP contribution in [0.1, 0.15) is 32.6 Å². The average Bonchev–Trinajstić information content (AvgIpc) is 2.62. The maximum Gasteiger partial charge on any atom is 0.263 e. The lowest BCUT2D eigenvalue weighted by molar-refractivity contribution is 0.447. The molecule has 134 valence electrons. The van der Waals surface area contributed by atoms with E-state index in [-0.39, 0.29) is 9.92 Å². The minimum Gasteiger partial charge on any atom is -0.354 e. The summed E-state index contributed by atoms with van der Waals surface area (Å²) in [6, 6.07) is 10.5. The van der Waals surface area contributed by atoms with Gasteiger partial charge in [-0.05, 0) is 49.9 Å². The Kier molecular flexibility index (Phi) is 5.49. The minimum absolute atomic E-state index is 0.0582. The second-order valence-electron chi connectivity index (χ2n) is 6.19. The third-order valence-corrected chi connectivity index (χ3v) is 6.40. The van der Waals surface area contributed by atoms with Crippen LogP contribution < -0.4 is 9.62 Å². The summed E-state index contributed by atoms with van der Waals surface area (Å²) in [7, 11) is -3.73. The predicted molar refractivity (Wildman–Crippen MR) is 102 cm³/mol. The van der Waals surface area contributed by atoms with Gasteiger partial charge in [0, 0.05) is 12.6 Å². The molecule has 0 bridgehead atoms. The van der Waals surface area contributed by atoms with E-state index in [9.17, 15) is 8.42 Å². The van der Waals surface area contributed by atoms with Crippen molar-refractivity contribution in [2.45, 2.75) is 43.5 Å². The van der Waals surface area contributed by atoms with Crippen molar-refractivity contribution in [3.05, 3.63) is 47.6 Å². The zero-order chi connectivity index (χ0) is 17.9. The minimum atomic E-state index is -3.73. The normalized spacial score (nSPS) is 18.2. The molecule has 1 N–H and O–H groups in total. The largest absolute Gasteiger partial charge is 0.354 e. The van der Waals surface area contributed by atoms with Crippen molar-refractivity contribution in [1.82, 2.24) is 4.98 Å². The third-order valence-electron chi connectivity index (χ3n) is 4.52. The van der Waals surface area contributed by atoms with Crippen LogP contribution in [0.15, 0.2) is 47.5 Å². The van der Waals surface area contributed by atoms with E-state index in [4.69, 9.17) is 11.6 Å². The Balaban J connectivity index is 1.78. The molecule has 2 heterocycles. The maximum absolute atomic E-state index is 12.5. The number of halogens is 1. The van der Waals surface area contributed by atoms with Crippen molar-refractivity contribution in [2.24, 2.45) is 0 Å². The molecule has 5 nitrogen and oxygen atoms in total. The highest BCUT2D eigenvalue weighted by atomic mass is 35.5. The van der Waals surface area contributed by atoms with Gasteiger partial charge in [0.2, 0.25) is 0 Å². The highest BCUT2D eigenvalue weighted by Gasteiger charge is 2.22. The van der Waals surface area contributed by atoms with Gasteiger partial charge in [-0.15, -0.1) is 0 Å². The van der Waals surface area contributed by atoms with Gasteiger partial charge in [0.1, 0.15) is 10.7 Å². The Labute approximate surface area is 154 Å². The van der Waals surface area contributed by atoms with E-state index in [2.05, 4.69) is 21.5 Å². The molecule has 1 atom stereocenters. The SMILES string of the molecule is CCC1CCCCN1c1ccc(NS(=O)(=O)c2ccccc2Cl)cn1. The van der Waals surface area contributed by atoms with E-state index in [0.29, 0.717) is 11.7 Å². The number of benzene rings is 1. The number of rotatable bonds is 5. The summed E-state index contributed by atoms with van der Waals surface area (Å²) in [6.07, 6.45) is 6.25. The fourth-order valence-electron chi connectivity index (χ4n) is 3.22. The molecular weight excluding hydrogens is 358 g/mol. The van der Waals surface area contributed by atoms with E-state index in [1.165, 1.54) is 25.3 Å². The van der Waals surface area contributed by atoms with Crippen LogP contribution in [0.4, 0.5) is 11.5 Å². The fraction of sp³-hybridized carbons (Fsp3) is 0.389. The van der Waals surface area contributed by atoms with Crippen LogP contribution >= 0.6 is 11.6 Å². The molecule has 0 amide bonds. The standard InChI is InChI=1S/C18H22ClN3O2S/c1-2-15-7-5-6-12-22(15)18-11-10-14(13-20-18)21-25(23,24)17-9-4-3-8-16(17)19/h3-4,8-11,13,15,21H,2,5-7,12H2,1H3. The summed E-state index contributed by atoms with van der Waals surface area (Å²) < 4.78 is 27.5. The number of pyridine rings is 1. The molecule has 1 aromatic heterocycles. The van der Waals surface area contributed by atoms with Crippen molar-refractivity contribution in [3.63, 3.8) is 0 Å². The van der Waals surface area contributed by atoms with Crippen LogP contribution in [0.5, 0.6) is 0 Å². The summed E-state index contributed by atoms with van der Waals surface area (Å²) in [5.74, 6) is 0.896. The Morgan fingerprint density at radius 2 is 2.04 bits per heavy atom. The summed E-state index contributed by atoms with van der Waals surface area (Å²) in [4.78, 5) is 6.84. The molecule has 0 radical (unpaired) electrons. The third kappa shape index (κ3) is 4.07. The zero-order valence-electron chi connectivity index (χ0n) is 14.2. The lowest BCUT2D eigenvalue weighted by atomic mass is 10.00. The molecule has 1 fully saturated rings. The first-order valence-electron chi connectivity index (χ1n) is 8.51. The smallest absolute Gasteiger partial charge is 0.263 e. The van der Waals surface area contributed by atoms with E-state index >= 15 is 0 Å². The van der Waals surface area contributed by atoms with Crippen molar-refractivity contribution in [2.75, 3.05) is 16.2 Å². The van der Waals surface area contributed by atoms with Crippen LogP contribution in [0.2, 0.25) is 5.02 Å². The summed E-state index contributed by atoms with van der Waals surface area (Å²) in [5.41, 5.74) is 0.425. The number of nitrogens with one attached hydrogen (secondary N) is 1. The number of sulfonamides is 1. The Morgan fingerprint density at radius 3 is 2.72 bits per heavy atom. The van der Waals surface area contributed by atoms with Crippen LogP contribution in [0.25, 0.3) is 0 Å². The molecule has 7 heteroatoms. The van der Waals surface area contributed by atoms with Crippen LogP contribution in [0.3, 0.4) is 0 Å².